The predicted octanol–water partition coefficient (Wildman–Crippen LogP) is 0.727. The van der Waals surface area contributed by atoms with E-state index in [4.69, 9.17) is 0 Å². The Labute approximate surface area is 167 Å². The standard InChI is InChI=1S/C17H24FN3O5S2/c1-17(2,9-22)3-4-19-10-5-11-13(27-8-10)6-12(23)16(15(11)18)21-7-14(24)20-28(21,25)26/h6,10,19,22-23H,3-5,7-9H2,1-2H3,(H,20,24)/t10-/m0/s1. The first-order chi connectivity index (χ1) is 13.0. The number of phenolic OH excluding ortho intramolecular Hbond substituents is 1. The van der Waals surface area contributed by atoms with Crippen molar-refractivity contribution in [1.29, 1.82) is 0 Å². The number of benzene rings is 1. The van der Waals surface area contributed by atoms with Crippen LogP contribution in [0, 0.1) is 11.2 Å². The van der Waals surface area contributed by atoms with E-state index in [2.05, 4.69) is 5.32 Å². The highest BCUT2D eigenvalue weighted by atomic mass is 32.2. The molecule has 1 fully saturated rings. The number of nitrogens with one attached hydrogen (secondary N) is 2. The van der Waals surface area contributed by atoms with Gasteiger partial charge in [0.05, 0.1) is 0 Å². The molecule has 1 aromatic carbocycles. The lowest BCUT2D eigenvalue weighted by molar-refractivity contribution is -0.117. The number of hydrogen-bond donors (Lipinski definition) is 4. The molecule has 8 nitrogen and oxygen atoms in total. The molecule has 1 amide bonds. The van der Waals surface area contributed by atoms with E-state index in [1.165, 1.54) is 17.8 Å². The highest BCUT2D eigenvalue weighted by molar-refractivity contribution is 7.99. The average Bonchev–Trinajstić information content (AvgIpc) is 2.87. The normalized spacial score (nSPS) is 21.5. The summed E-state index contributed by atoms with van der Waals surface area (Å²) in [6.45, 7) is 4.07. The Kier molecular flexibility index (Phi) is 5.81. The topological polar surface area (TPSA) is 119 Å². The maximum absolute atomic E-state index is 15.2. The van der Waals surface area contributed by atoms with E-state index in [0.717, 1.165) is 6.42 Å². The minimum absolute atomic E-state index is 0.0335. The van der Waals surface area contributed by atoms with Crippen molar-refractivity contribution in [1.82, 2.24) is 10.0 Å². The monoisotopic (exact) mass is 433 g/mol. The summed E-state index contributed by atoms with van der Waals surface area (Å²) in [6, 6.07) is 1.32. The van der Waals surface area contributed by atoms with Crippen molar-refractivity contribution in [3.8, 4) is 5.75 Å². The van der Waals surface area contributed by atoms with Crippen molar-refractivity contribution in [2.45, 2.75) is 37.6 Å². The van der Waals surface area contributed by atoms with Crippen LogP contribution >= 0.6 is 11.8 Å². The number of carbonyl (C=O) groups excluding carboxylic acids is 1. The number of amides is 1. The van der Waals surface area contributed by atoms with Gasteiger partial charge >= 0.3 is 10.2 Å². The van der Waals surface area contributed by atoms with E-state index in [1.54, 1.807) is 4.72 Å². The van der Waals surface area contributed by atoms with Crippen LogP contribution in [0.2, 0.25) is 0 Å². The highest BCUT2D eigenvalue weighted by Crippen LogP contribution is 2.42. The zero-order valence-corrected chi connectivity index (χ0v) is 17.3. The van der Waals surface area contributed by atoms with Gasteiger partial charge in [0.2, 0.25) is 0 Å². The number of thioether (sulfide) groups is 1. The SMILES string of the molecule is CC(C)(CO)CCN[C@@H]1CSc2cc(O)c(N3CC(=O)NS3(=O)=O)c(F)c2C1. The Morgan fingerprint density at radius 1 is 1.46 bits per heavy atom. The molecule has 3 rings (SSSR count). The van der Waals surface area contributed by atoms with Crippen molar-refractivity contribution in [3.63, 3.8) is 0 Å². The molecule has 156 valence electrons. The molecule has 1 atom stereocenters. The minimum atomic E-state index is -4.22. The summed E-state index contributed by atoms with van der Waals surface area (Å²) in [5, 5.41) is 22.9. The van der Waals surface area contributed by atoms with Crippen molar-refractivity contribution in [2.75, 3.05) is 29.8 Å². The second-order valence-corrected chi connectivity index (χ2v) is 10.5. The lowest BCUT2D eigenvalue weighted by Crippen LogP contribution is -2.38. The van der Waals surface area contributed by atoms with Crippen LogP contribution in [-0.2, 0) is 21.4 Å². The van der Waals surface area contributed by atoms with Gasteiger partial charge in [-0.2, -0.15) is 8.42 Å². The van der Waals surface area contributed by atoms with E-state index in [-0.39, 0.29) is 18.1 Å². The number of aromatic hydroxyl groups is 1. The molecule has 0 saturated carbocycles. The first-order valence-electron chi connectivity index (χ1n) is 8.89. The molecule has 2 aliphatic rings. The average molecular weight is 434 g/mol. The maximum Gasteiger partial charge on any atom is 0.326 e. The van der Waals surface area contributed by atoms with E-state index in [1.807, 2.05) is 13.8 Å². The molecule has 0 bridgehead atoms. The molecule has 11 heteroatoms. The van der Waals surface area contributed by atoms with Gasteiger partial charge in [-0.25, -0.2) is 13.4 Å². The van der Waals surface area contributed by atoms with E-state index < -0.39 is 39.9 Å². The van der Waals surface area contributed by atoms with Crippen LogP contribution in [0.15, 0.2) is 11.0 Å². The lowest BCUT2D eigenvalue weighted by atomic mass is 9.90. The Morgan fingerprint density at radius 3 is 2.79 bits per heavy atom. The predicted molar refractivity (Wildman–Crippen MR) is 104 cm³/mol. The Hall–Kier alpha value is -1.56. The summed E-state index contributed by atoms with van der Waals surface area (Å²) in [7, 11) is -4.22. The fraction of sp³-hybridized carbons (Fsp3) is 0.588. The van der Waals surface area contributed by atoms with Gasteiger partial charge in [0.1, 0.15) is 18.0 Å². The summed E-state index contributed by atoms with van der Waals surface area (Å²) >= 11 is 1.38. The number of aliphatic hydroxyl groups excluding tert-OH is 1. The molecule has 1 aromatic rings. The molecular formula is C17H24FN3O5S2. The molecule has 2 heterocycles. The first kappa shape index (κ1) is 21.2. The molecule has 0 unspecified atom stereocenters. The van der Waals surface area contributed by atoms with Crippen molar-refractivity contribution < 1.29 is 27.8 Å². The molecular weight excluding hydrogens is 409 g/mol. The van der Waals surface area contributed by atoms with Crippen LogP contribution in [0.3, 0.4) is 0 Å². The molecule has 0 spiro atoms. The third kappa shape index (κ3) is 4.22. The van der Waals surface area contributed by atoms with Gasteiger partial charge in [-0.15, -0.1) is 11.8 Å². The van der Waals surface area contributed by atoms with Crippen molar-refractivity contribution in [3.05, 3.63) is 17.4 Å². The number of halogens is 1. The zero-order valence-electron chi connectivity index (χ0n) is 15.7. The third-order valence-electron chi connectivity index (χ3n) is 4.90. The van der Waals surface area contributed by atoms with E-state index in [0.29, 0.717) is 33.5 Å². The van der Waals surface area contributed by atoms with Gasteiger partial charge in [0.25, 0.3) is 5.91 Å². The van der Waals surface area contributed by atoms with Crippen LogP contribution in [0.25, 0.3) is 0 Å². The van der Waals surface area contributed by atoms with Gasteiger partial charge in [-0.1, -0.05) is 13.8 Å². The second-order valence-electron chi connectivity index (χ2n) is 7.81. The Balaban J connectivity index is 1.81. The van der Waals surface area contributed by atoms with Crippen LogP contribution in [0.4, 0.5) is 10.1 Å². The van der Waals surface area contributed by atoms with Crippen molar-refractivity contribution >= 4 is 33.6 Å². The van der Waals surface area contributed by atoms with Crippen molar-refractivity contribution in [2.24, 2.45) is 5.41 Å². The quantitative estimate of drug-likeness (QED) is 0.522. The summed E-state index contributed by atoms with van der Waals surface area (Å²) in [5.41, 5.74) is -0.391. The summed E-state index contributed by atoms with van der Waals surface area (Å²) < 4.78 is 41.6. The fourth-order valence-corrected chi connectivity index (χ4v) is 5.49. The number of rotatable bonds is 6. The number of aliphatic hydroxyl groups is 1. The summed E-state index contributed by atoms with van der Waals surface area (Å²) in [6.07, 6.45) is 1.08. The number of fused-ring (bicyclic) bond motifs is 1. The van der Waals surface area contributed by atoms with Gasteiger partial charge in [-0.05, 0) is 30.9 Å². The highest BCUT2D eigenvalue weighted by Gasteiger charge is 2.39. The van der Waals surface area contributed by atoms with Crippen LogP contribution in [0.1, 0.15) is 25.8 Å². The summed E-state index contributed by atoms with van der Waals surface area (Å²) in [4.78, 5) is 12.0. The molecule has 0 aromatic heterocycles. The first-order valence-corrected chi connectivity index (χ1v) is 11.3. The lowest BCUT2D eigenvalue weighted by Gasteiger charge is -2.29. The minimum Gasteiger partial charge on any atom is -0.506 e. The van der Waals surface area contributed by atoms with E-state index >= 15 is 4.39 Å². The smallest absolute Gasteiger partial charge is 0.326 e. The maximum atomic E-state index is 15.2. The van der Waals surface area contributed by atoms with Gasteiger partial charge in [0.15, 0.2) is 5.82 Å². The Bertz CT molecular complexity index is 891. The fourth-order valence-electron chi connectivity index (χ4n) is 3.17. The largest absolute Gasteiger partial charge is 0.506 e. The van der Waals surface area contributed by atoms with Crippen LogP contribution in [0.5, 0.6) is 5.75 Å². The second kappa shape index (κ2) is 7.69. The van der Waals surface area contributed by atoms with Crippen LogP contribution < -0.4 is 14.3 Å². The van der Waals surface area contributed by atoms with Gasteiger partial charge in [0, 0.05) is 28.9 Å². The molecule has 1 saturated heterocycles. The Morgan fingerprint density at radius 2 is 2.18 bits per heavy atom. The number of carbonyl (C=O) groups is 1. The number of nitrogens with zero attached hydrogens (tertiary/aromatic N) is 1. The van der Waals surface area contributed by atoms with E-state index in [9.17, 15) is 23.4 Å². The molecule has 0 radical (unpaired) electrons. The van der Waals surface area contributed by atoms with Gasteiger partial charge in [-0.3, -0.25) is 4.79 Å². The zero-order chi connectivity index (χ0) is 20.7. The molecule has 0 aliphatic carbocycles. The van der Waals surface area contributed by atoms with Gasteiger partial charge < -0.3 is 15.5 Å². The molecule has 4 N–H and O–H groups in total. The number of phenols is 1. The number of anilines is 1. The third-order valence-corrected chi connectivity index (χ3v) is 7.53. The number of hydrogen-bond acceptors (Lipinski definition) is 7. The van der Waals surface area contributed by atoms with Crippen LogP contribution in [-0.4, -0.2) is 56.0 Å². The summed E-state index contributed by atoms with van der Waals surface area (Å²) in [5.74, 6) is -1.45. The molecule has 28 heavy (non-hydrogen) atoms. The molecule has 2 aliphatic heterocycles.